The third-order valence-electron chi connectivity index (χ3n) is 3.45. The first kappa shape index (κ1) is 13.0. The Morgan fingerprint density at radius 2 is 2.18 bits per heavy atom. The lowest BCUT2D eigenvalue weighted by atomic mass is 9.90. The fourth-order valence-electron chi connectivity index (χ4n) is 2.47. The highest BCUT2D eigenvalue weighted by molar-refractivity contribution is 9.10. The third kappa shape index (κ3) is 3.52. The van der Waals surface area contributed by atoms with Gasteiger partial charge in [0.1, 0.15) is 0 Å². The van der Waals surface area contributed by atoms with Crippen LogP contribution in [0.2, 0.25) is 0 Å². The van der Waals surface area contributed by atoms with Crippen LogP contribution in [0.1, 0.15) is 17.5 Å². The van der Waals surface area contributed by atoms with Gasteiger partial charge in [-0.05, 0) is 48.9 Å². The number of aryl methyl sites for hydroxylation is 1. The highest BCUT2D eigenvalue weighted by atomic mass is 79.9. The van der Waals surface area contributed by atoms with Crippen LogP contribution >= 0.6 is 15.9 Å². The van der Waals surface area contributed by atoms with E-state index in [0.717, 1.165) is 36.4 Å². The van der Waals surface area contributed by atoms with Crippen molar-refractivity contribution in [1.29, 1.82) is 0 Å². The fourth-order valence-corrected chi connectivity index (χ4v) is 2.95. The molecule has 0 aliphatic carbocycles. The average molecular weight is 300 g/mol. The van der Waals surface area contributed by atoms with E-state index in [-0.39, 0.29) is 6.67 Å². The normalized spacial score (nSPS) is 17.1. The summed E-state index contributed by atoms with van der Waals surface area (Å²) in [6.07, 6.45) is 1.84. The van der Waals surface area contributed by atoms with E-state index in [1.807, 2.05) is 0 Å². The van der Waals surface area contributed by atoms with Crippen LogP contribution in [0.15, 0.2) is 22.7 Å². The van der Waals surface area contributed by atoms with Crippen molar-refractivity contribution >= 4 is 15.9 Å². The van der Waals surface area contributed by atoms with Gasteiger partial charge >= 0.3 is 0 Å². The summed E-state index contributed by atoms with van der Waals surface area (Å²) in [6, 6.07) is 6.50. The van der Waals surface area contributed by atoms with E-state index < -0.39 is 0 Å². The smallest absolute Gasteiger partial charge is 0.0906 e. The van der Waals surface area contributed by atoms with E-state index >= 15 is 0 Å². The molecule has 0 unspecified atom stereocenters. The number of halogens is 2. The van der Waals surface area contributed by atoms with Gasteiger partial charge in [-0.15, -0.1) is 0 Å². The van der Waals surface area contributed by atoms with Gasteiger partial charge in [-0.2, -0.15) is 0 Å². The summed E-state index contributed by atoms with van der Waals surface area (Å²) in [5.74, 6) is 0.759. The van der Waals surface area contributed by atoms with E-state index in [4.69, 9.17) is 0 Å². The molecule has 2 rings (SSSR count). The van der Waals surface area contributed by atoms with Crippen molar-refractivity contribution in [2.75, 3.05) is 26.3 Å². The molecular weight excluding hydrogens is 281 g/mol. The van der Waals surface area contributed by atoms with Crippen LogP contribution in [0.3, 0.4) is 0 Å². The molecule has 0 amide bonds. The second-order valence-corrected chi connectivity index (χ2v) is 5.86. The molecule has 0 N–H and O–H groups in total. The lowest BCUT2D eigenvalue weighted by molar-refractivity contribution is 0.0967. The van der Waals surface area contributed by atoms with Crippen molar-refractivity contribution in [3.05, 3.63) is 33.8 Å². The topological polar surface area (TPSA) is 3.24 Å². The van der Waals surface area contributed by atoms with Gasteiger partial charge in [0.05, 0.1) is 6.67 Å². The SMILES string of the molecule is Cc1cc(Br)ccc1CC1CN(CCCF)C1. The number of hydrogen-bond donors (Lipinski definition) is 0. The van der Waals surface area contributed by atoms with Gasteiger partial charge in [0.25, 0.3) is 0 Å². The number of alkyl halides is 1. The average Bonchev–Trinajstić information content (AvgIpc) is 2.24. The number of rotatable bonds is 5. The molecule has 1 nitrogen and oxygen atoms in total. The molecule has 1 aliphatic heterocycles. The van der Waals surface area contributed by atoms with Crippen molar-refractivity contribution in [2.24, 2.45) is 5.92 Å². The minimum absolute atomic E-state index is 0.188. The molecule has 1 heterocycles. The van der Waals surface area contributed by atoms with Gasteiger partial charge in [0.15, 0.2) is 0 Å². The summed E-state index contributed by atoms with van der Waals surface area (Å²) < 4.78 is 13.2. The second kappa shape index (κ2) is 5.96. The number of likely N-dealkylation sites (tertiary alicyclic amines) is 1. The summed E-state index contributed by atoms with van der Waals surface area (Å²) in [4.78, 5) is 2.35. The Bertz CT molecular complexity index is 374. The molecule has 94 valence electrons. The molecule has 0 atom stereocenters. The van der Waals surface area contributed by atoms with Gasteiger partial charge in [-0.3, -0.25) is 4.39 Å². The molecule has 1 aromatic carbocycles. The Kier molecular flexibility index (Phi) is 4.57. The number of nitrogens with zero attached hydrogens (tertiary/aromatic N) is 1. The predicted octanol–water partition coefficient (Wildman–Crippen LogP) is 3.59. The summed E-state index contributed by atoms with van der Waals surface area (Å²) in [5.41, 5.74) is 2.81. The summed E-state index contributed by atoms with van der Waals surface area (Å²) in [5, 5.41) is 0. The van der Waals surface area contributed by atoms with Crippen LogP contribution in [0, 0.1) is 12.8 Å². The van der Waals surface area contributed by atoms with E-state index in [1.165, 1.54) is 11.1 Å². The maximum atomic E-state index is 12.0. The van der Waals surface area contributed by atoms with E-state index in [1.54, 1.807) is 0 Å². The molecule has 0 aromatic heterocycles. The van der Waals surface area contributed by atoms with Gasteiger partial charge in [0, 0.05) is 24.1 Å². The fraction of sp³-hybridized carbons (Fsp3) is 0.571. The van der Waals surface area contributed by atoms with Crippen LogP contribution in [0.25, 0.3) is 0 Å². The molecule has 3 heteroatoms. The maximum absolute atomic E-state index is 12.0. The third-order valence-corrected chi connectivity index (χ3v) is 3.95. The predicted molar refractivity (Wildman–Crippen MR) is 73.1 cm³/mol. The Hall–Kier alpha value is -0.410. The number of benzene rings is 1. The van der Waals surface area contributed by atoms with E-state index in [9.17, 15) is 4.39 Å². The highest BCUT2D eigenvalue weighted by Crippen LogP contribution is 2.24. The minimum atomic E-state index is -0.188. The quantitative estimate of drug-likeness (QED) is 0.803. The summed E-state index contributed by atoms with van der Waals surface area (Å²) in [7, 11) is 0. The minimum Gasteiger partial charge on any atom is -0.303 e. The zero-order chi connectivity index (χ0) is 12.3. The summed E-state index contributed by atoms with van der Waals surface area (Å²) >= 11 is 3.49. The molecule has 0 saturated carbocycles. The lowest BCUT2D eigenvalue weighted by Crippen LogP contribution is -2.47. The molecule has 1 fully saturated rings. The maximum Gasteiger partial charge on any atom is 0.0906 e. The van der Waals surface area contributed by atoms with Gasteiger partial charge in [0.2, 0.25) is 0 Å². The largest absolute Gasteiger partial charge is 0.303 e. The van der Waals surface area contributed by atoms with Crippen LogP contribution in [-0.2, 0) is 6.42 Å². The highest BCUT2D eigenvalue weighted by Gasteiger charge is 2.26. The zero-order valence-electron chi connectivity index (χ0n) is 10.3. The second-order valence-electron chi connectivity index (χ2n) is 4.94. The molecule has 1 aliphatic rings. The van der Waals surface area contributed by atoms with Crippen molar-refractivity contribution < 1.29 is 4.39 Å². The monoisotopic (exact) mass is 299 g/mol. The van der Waals surface area contributed by atoms with Crippen molar-refractivity contribution in [2.45, 2.75) is 19.8 Å². The molecule has 0 radical (unpaired) electrons. The molecule has 17 heavy (non-hydrogen) atoms. The first-order chi connectivity index (χ1) is 8.19. The first-order valence-electron chi connectivity index (χ1n) is 6.22. The Labute approximate surface area is 111 Å². The van der Waals surface area contributed by atoms with Crippen molar-refractivity contribution in [3.63, 3.8) is 0 Å². The molecule has 0 spiro atoms. The standard InChI is InChI=1S/C14H19BrFN/c1-11-7-14(15)4-3-13(11)8-12-9-17(10-12)6-2-5-16/h3-4,7,12H,2,5-6,8-10H2,1H3. The van der Waals surface area contributed by atoms with Crippen LogP contribution in [0.4, 0.5) is 4.39 Å². The number of hydrogen-bond acceptors (Lipinski definition) is 1. The Balaban J connectivity index is 1.79. The Morgan fingerprint density at radius 1 is 1.41 bits per heavy atom. The van der Waals surface area contributed by atoms with E-state index in [0.29, 0.717) is 6.42 Å². The van der Waals surface area contributed by atoms with Crippen molar-refractivity contribution in [3.8, 4) is 0 Å². The van der Waals surface area contributed by atoms with Gasteiger partial charge < -0.3 is 4.90 Å². The van der Waals surface area contributed by atoms with Crippen LogP contribution in [0.5, 0.6) is 0 Å². The molecular formula is C14H19BrFN. The van der Waals surface area contributed by atoms with E-state index in [2.05, 4.69) is 46.0 Å². The summed E-state index contributed by atoms with van der Waals surface area (Å²) in [6.45, 7) is 5.17. The molecule has 1 saturated heterocycles. The molecule has 1 aromatic rings. The first-order valence-corrected chi connectivity index (χ1v) is 7.01. The Morgan fingerprint density at radius 3 is 2.82 bits per heavy atom. The van der Waals surface area contributed by atoms with Crippen LogP contribution in [-0.4, -0.2) is 31.2 Å². The van der Waals surface area contributed by atoms with Crippen LogP contribution < -0.4 is 0 Å². The zero-order valence-corrected chi connectivity index (χ0v) is 11.8. The van der Waals surface area contributed by atoms with Gasteiger partial charge in [-0.1, -0.05) is 22.0 Å². The lowest BCUT2D eigenvalue weighted by Gasteiger charge is -2.39. The molecule has 0 bridgehead atoms. The van der Waals surface area contributed by atoms with Gasteiger partial charge in [-0.25, -0.2) is 0 Å². The van der Waals surface area contributed by atoms with Crippen molar-refractivity contribution in [1.82, 2.24) is 4.90 Å².